The second-order valence-corrected chi connectivity index (χ2v) is 1.77. The molecule has 1 rings (SSSR count). The summed E-state index contributed by atoms with van der Waals surface area (Å²) in [6.07, 6.45) is 0. The van der Waals surface area contributed by atoms with Crippen molar-refractivity contribution in [3.63, 3.8) is 0 Å². The van der Waals surface area contributed by atoms with Gasteiger partial charge in [-0.15, -0.1) is 12.6 Å². The predicted octanol–water partition coefficient (Wildman–Crippen LogP) is 1.77. The molecule has 0 saturated carbocycles. The summed E-state index contributed by atoms with van der Waals surface area (Å²) in [7, 11) is 0. The largest absolute Gasteiger partial charge is 0.143 e. The van der Waals surface area contributed by atoms with E-state index in [1.54, 1.807) is 0 Å². The van der Waals surface area contributed by atoms with Gasteiger partial charge in [-0.2, -0.15) is 0 Å². The second-order valence-electron chi connectivity index (χ2n) is 1.26. The summed E-state index contributed by atoms with van der Waals surface area (Å²) in [5, 5.41) is 0. The van der Waals surface area contributed by atoms with E-state index in [0.29, 0.717) is 0 Å². The summed E-state index contributed by atoms with van der Waals surface area (Å²) in [5.41, 5.74) is 0. The summed E-state index contributed by atoms with van der Waals surface area (Å²) in [6.45, 7) is 0. The molecule has 0 aliphatic rings. The molecule has 0 aromatic heterocycles. The van der Waals surface area contributed by atoms with Crippen molar-refractivity contribution in [1.82, 2.24) is 0 Å². The molecule has 1 aromatic carbocycles. The molecule has 0 saturated heterocycles. The molecule has 0 unspecified atom stereocenters. The summed E-state index contributed by atoms with van der Waals surface area (Å²) in [5.74, 6) is 0. The van der Waals surface area contributed by atoms with Gasteiger partial charge < -0.3 is 0 Å². The average Bonchev–Trinajstić information content (AvgIpc) is 1.69. The van der Waals surface area contributed by atoms with Crippen LogP contribution >= 0.6 is 12.6 Å². The normalized spacial score (nSPS) is 7.62. The number of hydrogen-bond donors (Lipinski definition) is 1. The zero-order chi connectivity index (χ0) is 5.11. The van der Waals surface area contributed by atoms with E-state index in [0.717, 1.165) is 4.90 Å². The van der Waals surface area contributed by atoms with E-state index >= 15 is 0 Å². The molecule has 0 amide bonds. The van der Waals surface area contributed by atoms with E-state index < -0.39 is 0 Å². The first-order valence-corrected chi connectivity index (χ1v) is 2.49. The van der Waals surface area contributed by atoms with Gasteiger partial charge in [-0.3, -0.25) is 0 Å². The Balaban J connectivity index is 0.000000490. The van der Waals surface area contributed by atoms with Gasteiger partial charge in [-0.05, 0) is 18.2 Å². The fourth-order valence-corrected chi connectivity index (χ4v) is 0.527. The Kier molecular flexibility index (Phi) is 4.34. The maximum Gasteiger partial charge on any atom is 0.00404 e. The number of rotatable bonds is 0. The topological polar surface area (TPSA) is 0 Å². The maximum atomic E-state index is 4.06. The van der Waals surface area contributed by atoms with Gasteiger partial charge in [0.25, 0.3) is 0 Å². The standard InChI is InChI=1S/C6H5S.Ti/c7-6-4-2-1-3-5-6;/h2-5,7H;. The summed E-state index contributed by atoms with van der Waals surface area (Å²) < 4.78 is 0. The molecule has 0 heterocycles. The SMILES string of the molecule is Sc1cc[c]cc1.[Ti]. The molecule has 2 heteroatoms. The Labute approximate surface area is 69.6 Å². The Morgan fingerprint density at radius 1 is 1.25 bits per heavy atom. The number of hydrogen-bond acceptors (Lipinski definition) is 1. The van der Waals surface area contributed by atoms with Gasteiger partial charge in [-0.25, -0.2) is 0 Å². The van der Waals surface area contributed by atoms with Crippen molar-refractivity contribution in [2.45, 2.75) is 4.90 Å². The van der Waals surface area contributed by atoms with Crippen molar-refractivity contribution in [2.24, 2.45) is 0 Å². The zero-order valence-electron chi connectivity index (χ0n) is 4.26. The van der Waals surface area contributed by atoms with Crippen molar-refractivity contribution in [2.75, 3.05) is 0 Å². The van der Waals surface area contributed by atoms with Gasteiger partial charge in [0.15, 0.2) is 0 Å². The Bertz CT molecular complexity index is 138. The summed E-state index contributed by atoms with van der Waals surface area (Å²) in [4.78, 5) is 0.985. The van der Waals surface area contributed by atoms with Crippen LogP contribution in [0.25, 0.3) is 0 Å². The molecule has 0 bridgehead atoms. The summed E-state index contributed by atoms with van der Waals surface area (Å²) >= 11 is 4.06. The number of benzene rings is 1. The van der Waals surface area contributed by atoms with Crippen LogP contribution in [0.5, 0.6) is 0 Å². The van der Waals surface area contributed by atoms with Crippen LogP contribution in [0.2, 0.25) is 0 Å². The van der Waals surface area contributed by atoms with Crippen molar-refractivity contribution in [3.05, 3.63) is 30.3 Å². The van der Waals surface area contributed by atoms with Gasteiger partial charge in [-0.1, -0.05) is 12.1 Å². The fraction of sp³-hybridized carbons (Fsp3) is 0. The minimum Gasteiger partial charge on any atom is -0.143 e. The molecule has 39 valence electrons. The van der Waals surface area contributed by atoms with Crippen molar-refractivity contribution in [1.29, 1.82) is 0 Å². The first kappa shape index (κ1) is 8.28. The van der Waals surface area contributed by atoms with E-state index in [4.69, 9.17) is 0 Å². The Morgan fingerprint density at radius 2 is 1.75 bits per heavy atom. The first-order chi connectivity index (χ1) is 3.39. The van der Waals surface area contributed by atoms with E-state index in [2.05, 4.69) is 18.7 Å². The monoisotopic (exact) mass is 157 g/mol. The van der Waals surface area contributed by atoms with Gasteiger partial charge >= 0.3 is 0 Å². The molecule has 8 heavy (non-hydrogen) atoms. The third-order valence-electron chi connectivity index (χ3n) is 0.701. The van der Waals surface area contributed by atoms with Crippen LogP contribution in [0, 0.1) is 6.07 Å². The molecular weight excluding hydrogens is 152 g/mol. The van der Waals surface area contributed by atoms with Crippen LogP contribution in [0.15, 0.2) is 29.2 Å². The number of thiol groups is 1. The van der Waals surface area contributed by atoms with Crippen LogP contribution < -0.4 is 0 Å². The van der Waals surface area contributed by atoms with Crippen LogP contribution in [0.4, 0.5) is 0 Å². The molecule has 0 nitrogen and oxygen atoms in total. The van der Waals surface area contributed by atoms with Crippen molar-refractivity contribution >= 4 is 12.6 Å². The van der Waals surface area contributed by atoms with Gasteiger partial charge in [0.05, 0.1) is 0 Å². The van der Waals surface area contributed by atoms with E-state index in [1.807, 2.05) is 24.3 Å². The van der Waals surface area contributed by atoms with E-state index in [9.17, 15) is 0 Å². The zero-order valence-corrected chi connectivity index (χ0v) is 6.71. The summed E-state index contributed by atoms with van der Waals surface area (Å²) in [6, 6.07) is 10.3. The minimum atomic E-state index is 0. The van der Waals surface area contributed by atoms with Crippen LogP contribution in [-0.2, 0) is 21.7 Å². The molecule has 0 aliphatic heterocycles. The third kappa shape index (κ3) is 2.56. The van der Waals surface area contributed by atoms with Crippen molar-refractivity contribution < 1.29 is 21.7 Å². The van der Waals surface area contributed by atoms with Crippen LogP contribution in [0.3, 0.4) is 0 Å². The molecule has 0 aliphatic carbocycles. The smallest absolute Gasteiger partial charge is 0.00404 e. The second kappa shape index (κ2) is 4.19. The van der Waals surface area contributed by atoms with Crippen LogP contribution in [-0.4, -0.2) is 0 Å². The quantitative estimate of drug-likeness (QED) is 0.430. The molecule has 0 atom stereocenters. The molecule has 1 radical (unpaired) electrons. The Morgan fingerprint density at radius 3 is 2.00 bits per heavy atom. The van der Waals surface area contributed by atoms with Crippen molar-refractivity contribution in [3.8, 4) is 0 Å². The fourth-order valence-electron chi connectivity index (χ4n) is 0.378. The average molecular weight is 157 g/mol. The first-order valence-electron chi connectivity index (χ1n) is 2.04. The van der Waals surface area contributed by atoms with Gasteiger partial charge in [0.2, 0.25) is 0 Å². The predicted molar refractivity (Wildman–Crippen MR) is 32.5 cm³/mol. The molecule has 0 spiro atoms. The van der Waals surface area contributed by atoms with Crippen LogP contribution in [0.1, 0.15) is 0 Å². The third-order valence-corrected chi connectivity index (χ3v) is 0.999. The molecular formula is C6H5STi. The molecule has 1 aromatic rings. The maximum absolute atomic E-state index is 4.06. The van der Waals surface area contributed by atoms with Gasteiger partial charge in [0, 0.05) is 26.6 Å². The molecule has 0 fully saturated rings. The molecule has 0 N–H and O–H groups in total. The minimum absolute atomic E-state index is 0. The van der Waals surface area contributed by atoms with E-state index in [-0.39, 0.29) is 21.7 Å². The Hall–Kier alpha value is 0.284. The van der Waals surface area contributed by atoms with Gasteiger partial charge in [0.1, 0.15) is 0 Å². The van der Waals surface area contributed by atoms with E-state index in [1.165, 1.54) is 0 Å².